The van der Waals surface area contributed by atoms with Crippen LogP contribution < -0.4 is 0 Å². The molecule has 1 aliphatic carbocycles. The van der Waals surface area contributed by atoms with Gasteiger partial charge in [0, 0.05) is 6.42 Å². The molecule has 0 spiro atoms. The Morgan fingerprint density at radius 1 is 1.24 bits per heavy atom. The van der Waals surface area contributed by atoms with Crippen LogP contribution in [0.3, 0.4) is 0 Å². The van der Waals surface area contributed by atoms with E-state index in [1.54, 1.807) is 0 Å². The lowest BCUT2D eigenvalue weighted by Crippen LogP contribution is -2.18. The Bertz CT molecular complexity index is 438. The summed E-state index contributed by atoms with van der Waals surface area (Å²) in [6.45, 7) is 0. The number of methoxy groups -OCH3 is 1. The molecule has 21 heavy (non-hydrogen) atoms. The maximum atomic E-state index is 11.0. The molecule has 1 aromatic rings. The number of hydrogen-bond acceptors (Lipinski definition) is 3. The van der Waals surface area contributed by atoms with Gasteiger partial charge in [-0.1, -0.05) is 30.7 Å². The summed E-state index contributed by atoms with van der Waals surface area (Å²) in [6.07, 6.45) is 7.45. The van der Waals surface area contributed by atoms with Crippen molar-refractivity contribution in [2.45, 2.75) is 63.4 Å². The van der Waals surface area contributed by atoms with Gasteiger partial charge in [-0.25, -0.2) is 0 Å². The van der Waals surface area contributed by atoms with Crippen LogP contribution in [0, 0.1) is 0 Å². The zero-order valence-corrected chi connectivity index (χ0v) is 12.9. The molecule has 2 atom stereocenters. The first-order valence-electron chi connectivity index (χ1n) is 8.02. The summed E-state index contributed by atoms with van der Waals surface area (Å²) < 4.78 is 4.63. The number of aliphatic hydroxyl groups excluding tert-OH is 1. The zero-order valence-electron chi connectivity index (χ0n) is 12.9. The van der Waals surface area contributed by atoms with E-state index in [2.05, 4.69) is 29.0 Å². The van der Waals surface area contributed by atoms with Crippen molar-refractivity contribution in [1.29, 1.82) is 0 Å². The second-order valence-electron chi connectivity index (χ2n) is 6.04. The fraction of sp³-hybridized carbons (Fsp3) is 0.611. The van der Waals surface area contributed by atoms with Gasteiger partial charge in [0.2, 0.25) is 0 Å². The SMILES string of the molecule is COC(=O)CCCCc1ccc(C2CCCC(O)C2)cc1. The molecular weight excluding hydrogens is 264 g/mol. The number of aliphatic hydroxyl groups is 1. The molecule has 116 valence electrons. The maximum absolute atomic E-state index is 11.0. The Morgan fingerprint density at radius 3 is 2.67 bits per heavy atom. The van der Waals surface area contributed by atoms with Gasteiger partial charge in [-0.05, 0) is 55.6 Å². The number of esters is 1. The van der Waals surface area contributed by atoms with Crippen LogP contribution in [-0.4, -0.2) is 24.3 Å². The predicted octanol–water partition coefficient (Wildman–Crippen LogP) is 3.59. The van der Waals surface area contributed by atoms with Crippen molar-refractivity contribution < 1.29 is 14.6 Å². The quantitative estimate of drug-likeness (QED) is 0.643. The highest BCUT2D eigenvalue weighted by Crippen LogP contribution is 2.32. The predicted molar refractivity (Wildman–Crippen MR) is 83.2 cm³/mol. The van der Waals surface area contributed by atoms with Crippen LogP contribution in [0.25, 0.3) is 0 Å². The van der Waals surface area contributed by atoms with Gasteiger partial charge in [-0.3, -0.25) is 4.79 Å². The smallest absolute Gasteiger partial charge is 0.305 e. The summed E-state index contributed by atoms with van der Waals surface area (Å²) in [5.74, 6) is 0.392. The second-order valence-corrected chi connectivity index (χ2v) is 6.04. The molecular formula is C18H26O3. The fourth-order valence-corrected chi connectivity index (χ4v) is 3.12. The third-order valence-electron chi connectivity index (χ3n) is 4.42. The van der Waals surface area contributed by atoms with E-state index in [0.717, 1.165) is 38.5 Å². The highest BCUT2D eigenvalue weighted by atomic mass is 16.5. The number of carbonyl (C=O) groups excluding carboxylic acids is 1. The number of aryl methyl sites for hydroxylation is 1. The lowest BCUT2D eigenvalue weighted by atomic mass is 9.82. The fourth-order valence-electron chi connectivity index (χ4n) is 3.12. The molecule has 0 saturated heterocycles. The largest absolute Gasteiger partial charge is 0.469 e. The normalized spacial score (nSPS) is 22.0. The number of carbonyl (C=O) groups is 1. The van der Waals surface area contributed by atoms with Crippen LogP contribution in [0.15, 0.2) is 24.3 Å². The molecule has 3 heteroatoms. The van der Waals surface area contributed by atoms with Gasteiger partial charge in [0.25, 0.3) is 0 Å². The monoisotopic (exact) mass is 290 g/mol. The van der Waals surface area contributed by atoms with Crippen molar-refractivity contribution >= 4 is 5.97 Å². The average molecular weight is 290 g/mol. The van der Waals surface area contributed by atoms with Crippen LogP contribution >= 0.6 is 0 Å². The van der Waals surface area contributed by atoms with E-state index in [0.29, 0.717) is 12.3 Å². The molecule has 0 radical (unpaired) electrons. The third kappa shape index (κ3) is 5.16. The van der Waals surface area contributed by atoms with Crippen LogP contribution in [-0.2, 0) is 16.0 Å². The van der Waals surface area contributed by atoms with Gasteiger partial charge in [0.05, 0.1) is 13.2 Å². The molecule has 3 nitrogen and oxygen atoms in total. The zero-order chi connectivity index (χ0) is 15.1. The van der Waals surface area contributed by atoms with Gasteiger partial charge in [-0.15, -0.1) is 0 Å². The topological polar surface area (TPSA) is 46.5 Å². The number of unbranched alkanes of at least 4 members (excludes halogenated alkanes) is 1. The third-order valence-corrected chi connectivity index (χ3v) is 4.42. The average Bonchev–Trinajstić information content (AvgIpc) is 2.52. The van der Waals surface area contributed by atoms with Crippen molar-refractivity contribution in [2.75, 3.05) is 7.11 Å². The van der Waals surface area contributed by atoms with Gasteiger partial charge in [0.1, 0.15) is 0 Å². The molecule has 1 aromatic carbocycles. The minimum atomic E-state index is -0.124. The lowest BCUT2D eigenvalue weighted by molar-refractivity contribution is -0.140. The number of hydrogen-bond donors (Lipinski definition) is 1. The van der Waals surface area contributed by atoms with Crippen molar-refractivity contribution in [3.05, 3.63) is 35.4 Å². The highest BCUT2D eigenvalue weighted by molar-refractivity contribution is 5.68. The standard InChI is InChI=1S/C18H26O3/c1-21-18(20)8-3-2-5-14-9-11-15(12-10-14)16-6-4-7-17(19)13-16/h9-12,16-17,19H,2-8,13H2,1H3. The number of ether oxygens (including phenoxy) is 1. The van der Waals surface area contributed by atoms with Crippen LogP contribution in [0.5, 0.6) is 0 Å². The Morgan fingerprint density at radius 2 is 2.00 bits per heavy atom. The van der Waals surface area contributed by atoms with E-state index < -0.39 is 0 Å². The molecule has 2 rings (SSSR count). The minimum absolute atomic E-state index is 0.123. The van der Waals surface area contributed by atoms with E-state index in [1.807, 2.05) is 0 Å². The summed E-state index contributed by atoms with van der Waals surface area (Å²) in [5, 5.41) is 9.77. The molecule has 0 heterocycles. The summed E-state index contributed by atoms with van der Waals surface area (Å²) in [5.41, 5.74) is 2.67. The summed E-state index contributed by atoms with van der Waals surface area (Å²) in [4.78, 5) is 11.0. The van der Waals surface area contributed by atoms with Crippen LogP contribution in [0.2, 0.25) is 0 Å². The van der Waals surface area contributed by atoms with Gasteiger partial charge < -0.3 is 9.84 Å². The second kappa shape index (κ2) is 8.18. The van der Waals surface area contributed by atoms with E-state index in [9.17, 15) is 9.90 Å². The summed E-state index contributed by atoms with van der Waals surface area (Å²) in [7, 11) is 1.43. The Labute approximate surface area is 127 Å². The first-order chi connectivity index (χ1) is 10.2. The van der Waals surface area contributed by atoms with E-state index in [4.69, 9.17) is 0 Å². The van der Waals surface area contributed by atoms with Crippen LogP contribution in [0.4, 0.5) is 0 Å². The van der Waals surface area contributed by atoms with E-state index in [-0.39, 0.29) is 12.1 Å². The molecule has 1 fully saturated rings. The molecule has 1 N–H and O–H groups in total. The van der Waals surface area contributed by atoms with E-state index >= 15 is 0 Å². The molecule has 2 unspecified atom stereocenters. The van der Waals surface area contributed by atoms with Crippen molar-refractivity contribution in [3.63, 3.8) is 0 Å². The molecule has 0 aromatic heterocycles. The van der Waals surface area contributed by atoms with Crippen molar-refractivity contribution in [2.24, 2.45) is 0 Å². The molecule has 0 aliphatic heterocycles. The molecule has 1 saturated carbocycles. The highest BCUT2D eigenvalue weighted by Gasteiger charge is 2.21. The molecule has 0 amide bonds. The first-order valence-corrected chi connectivity index (χ1v) is 8.02. The first kappa shape index (κ1) is 16.0. The lowest BCUT2D eigenvalue weighted by Gasteiger charge is -2.26. The summed E-state index contributed by atoms with van der Waals surface area (Å²) in [6, 6.07) is 8.79. The minimum Gasteiger partial charge on any atom is -0.469 e. The Kier molecular flexibility index (Phi) is 6.24. The summed E-state index contributed by atoms with van der Waals surface area (Å²) >= 11 is 0. The number of benzene rings is 1. The van der Waals surface area contributed by atoms with Gasteiger partial charge in [0.15, 0.2) is 0 Å². The molecule has 1 aliphatic rings. The van der Waals surface area contributed by atoms with Crippen molar-refractivity contribution in [1.82, 2.24) is 0 Å². The van der Waals surface area contributed by atoms with Gasteiger partial charge >= 0.3 is 5.97 Å². The van der Waals surface area contributed by atoms with Crippen molar-refractivity contribution in [3.8, 4) is 0 Å². The Balaban J connectivity index is 1.77. The Hall–Kier alpha value is -1.35. The molecule has 0 bridgehead atoms. The maximum Gasteiger partial charge on any atom is 0.305 e. The van der Waals surface area contributed by atoms with E-state index in [1.165, 1.54) is 24.7 Å². The van der Waals surface area contributed by atoms with Gasteiger partial charge in [-0.2, -0.15) is 0 Å². The van der Waals surface area contributed by atoms with Crippen LogP contribution in [0.1, 0.15) is 62.0 Å². The number of rotatable bonds is 6.